The molecule has 0 bridgehead atoms. The van der Waals surface area contributed by atoms with E-state index in [0.29, 0.717) is 11.2 Å². The maximum absolute atomic E-state index is 13.1. The molecule has 2 N–H and O–H groups in total. The number of hydrogen-bond donors (Lipinski definition) is 2. The van der Waals surface area contributed by atoms with Gasteiger partial charge in [0.15, 0.2) is 0 Å². The van der Waals surface area contributed by atoms with E-state index in [9.17, 15) is 18.0 Å². The van der Waals surface area contributed by atoms with Crippen molar-refractivity contribution in [1.82, 2.24) is 10.3 Å². The Morgan fingerprint density at radius 3 is 2.48 bits per heavy atom. The quantitative estimate of drug-likeness (QED) is 0.553. The van der Waals surface area contributed by atoms with Crippen molar-refractivity contribution in [3.05, 3.63) is 68.9 Å². The minimum atomic E-state index is -3.90. The number of rotatable bonds is 5. The minimum Gasteiger partial charge on any atom is -0.360 e. The Morgan fingerprint density at radius 1 is 1.13 bits per heavy atom. The second kappa shape index (κ2) is 8.47. The number of anilines is 1. The molecule has 1 fully saturated rings. The fourth-order valence-corrected chi connectivity index (χ4v) is 5.29. The molecule has 0 radical (unpaired) electrons. The molecule has 1 aliphatic carbocycles. The van der Waals surface area contributed by atoms with Crippen LogP contribution in [0.2, 0.25) is 0 Å². The van der Waals surface area contributed by atoms with E-state index in [4.69, 9.17) is 0 Å². The van der Waals surface area contributed by atoms with Gasteiger partial charge in [-0.1, -0.05) is 28.8 Å². The van der Waals surface area contributed by atoms with Gasteiger partial charge in [-0.05, 0) is 55.3 Å². The van der Waals surface area contributed by atoms with Gasteiger partial charge in [0, 0.05) is 34.7 Å². The number of pyridine rings is 1. The number of H-pyrrole nitrogens is 1. The van der Waals surface area contributed by atoms with Crippen molar-refractivity contribution in [2.24, 2.45) is 0 Å². The molecule has 1 saturated carbocycles. The molecule has 2 aromatic carbocycles. The molecule has 31 heavy (non-hydrogen) atoms. The molecule has 0 spiro atoms. The fourth-order valence-electron chi connectivity index (χ4n) is 3.81. The van der Waals surface area contributed by atoms with Crippen molar-refractivity contribution in [2.75, 3.05) is 11.4 Å². The van der Waals surface area contributed by atoms with Gasteiger partial charge in [-0.15, -0.1) is 0 Å². The van der Waals surface area contributed by atoms with Crippen molar-refractivity contribution in [3.63, 3.8) is 0 Å². The molecule has 0 atom stereocenters. The van der Waals surface area contributed by atoms with E-state index < -0.39 is 21.4 Å². The summed E-state index contributed by atoms with van der Waals surface area (Å²) in [5, 5.41) is 3.06. The third kappa shape index (κ3) is 4.24. The summed E-state index contributed by atoms with van der Waals surface area (Å²) >= 11 is 3.33. The van der Waals surface area contributed by atoms with Crippen LogP contribution in [0.3, 0.4) is 0 Å². The SMILES string of the molecule is CN(c1ccc(Br)cc1)S(=O)(=O)c1ccc2[nH]cc(C(=O)NC3CCCC3)c(=O)c2c1. The molecule has 4 rings (SSSR count). The molecule has 1 aliphatic rings. The predicted octanol–water partition coefficient (Wildman–Crippen LogP) is 3.79. The van der Waals surface area contributed by atoms with Crippen LogP contribution in [0.15, 0.2) is 62.8 Å². The maximum Gasteiger partial charge on any atom is 0.264 e. The highest BCUT2D eigenvalue weighted by molar-refractivity contribution is 9.10. The lowest BCUT2D eigenvalue weighted by Gasteiger charge is -2.20. The summed E-state index contributed by atoms with van der Waals surface area (Å²) in [6.07, 6.45) is 5.32. The number of nitrogens with one attached hydrogen (secondary N) is 2. The summed E-state index contributed by atoms with van der Waals surface area (Å²) in [7, 11) is -2.44. The number of halogens is 1. The lowest BCUT2D eigenvalue weighted by molar-refractivity contribution is 0.0936. The van der Waals surface area contributed by atoms with Crippen molar-refractivity contribution in [3.8, 4) is 0 Å². The molecule has 0 unspecified atom stereocenters. The first-order chi connectivity index (χ1) is 14.8. The standard InChI is InChI=1S/C22H22BrN3O4S/c1-26(16-8-6-14(23)7-9-16)31(29,30)17-10-11-20-18(12-17)21(27)19(13-24-20)22(28)25-15-4-2-3-5-15/h6-13,15H,2-5H2,1H3,(H,24,27)(H,25,28). The largest absolute Gasteiger partial charge is 0.360 e. The molecule has 7 nitrogen and oxygen atoms in total. The number of benzene rings is 2. The Labute approximate surface area is 188 Å². The van der Waals surface area contributed by atoms with Crippen LogP contribution in [-0.2, 0) is 10.0 Å². The minimum absolute atomic E-state index is 0.0183. The average molecular weight is 504 g/mol. The van der Waals surface area contributed by atoms with E-state index in [2.05, 4.69) is 26.2 Å². The highest BCUT2D eigenvalue weighted by atomic mass is 79.9. The zero-order valence-corrected chi connectivity index (χ0v) is 19.3. The third-order valence-electron chi connectivity index (χ3n) is 5.64. The van der Waals surface area contributed by atoms with Crippen LogP contribution in [0.4, 0.5) is 5.69 Å². The van der Waals surface area contributed by atoms with Crippen molar-refractivity contribution in [1.29, 1.82) is 0 Å². The van der Waals surface area contributed by atoms with E-state index in [-0.39, 0.29) is 21.9 Å². The van der Waals surface area contributed by atoms with E-state index in [1.807, 2.05) is 0 Å². The molecule has 9 heteroatoms. The Hall–Kier alpha value is -2.65. The van der Waals surface area contributed by atoms with Gasteiger partial charge in [0.05, 0.1) is 10.6 Å². The second-order valence-corrected chi connectivity index (χ2v) is 10.5. The zero-order chi connectivity index (χ0) is 22.2. The highest BCUT2D eigenvalue weighted by Gasteiger charge is 2.24. The Balaban J connectivity index is 1.70. The Kier molecular flexibility index (Phi) is 5.90. The Bertz CT molecular complexity index is 1300. The van der Waals surface area contributed by atoms with Gasteiger partial charge in [-0.25, -0.2) is 8.42 Å². The average Bonchev–Trinajstić information content (AvgIpc) is 3.26. The molecule has 1 heterocycles. The number of aromatic amines is 1. The van der Waals surface area contributed by atoms with Crippen LogP contribution < -0.4 is 15.1 Å². The first-order valence-corrected chi connectivity index (χ1v) is 12.2. The number of carbonyl (C=O) groups is 1. The van der Waals surface area contributed by atoms with Gasteiger partial charge in [0.25, 0.3) is 15.9 Å². The van der Waals surface area contributed by atoms with E-state index >= 15 is 0 Å². The van der Waals surface area contributed by atoms with Crippen molar-refractivity contribution < 1.29 is 13.2 Å². The smallest absolute Gasteiger partial charge is 0.264 e. The predicted molar refractivity (Wildman–Crippen MR) is 124 cm³/mol. The third-order valence-corrected chi connectivity index (χ3v) is 7.95. The van der Waals surface area contributed by atoms with E-state index in [1.54, 1.807) is 24.3 Å². The summed E-state index contributed by atoms with van der Waals surface area (Å²) in [4.78, 5) is 28.5. The summed E-state index contributed by atoms with van der Waals surface area (Å²) in [6, 6.07) is 11.3. The zero-order valence-electron chi connectivity index (χ0n) is 16.9. The molecule has 0 aliphatic heterocycles. The van der Waals surface area contributed by atoms with Crippen LogP contribution in [0.5, 0.6) is 0 Å². The van der Waals surface area contributed by atoms with Crippen LogP contribution in [0.1, 0.15) is 36.0 Å². The number of aromatic nitrogens is 1. The molecular formula is C22H22BrN3O4S. The normalized spacial score (nSPS) is 14.6. The van der Waals surface area contributed by atoms with Gasteiger partial charge in [0.1, 0.15) is 5.56 Å². The summed E-state index contributed by atoms with van der Waals surface area (Å²) < 4.78 is 28.3. The van der Waals surface area contributed by atoms with Crippen LogP contribution in [0, 0.1) is 0 Å². The van der Waals surface area contributed by atoms with Crippen LogP contribution in [0.25, 0.3) is 10.9 Å². The van der Waals surface area contributed by atoms with Crippen LogP contribution in [-0.4, -0.2) is 32.4 Å². The lowest BCUT2D eigenvalue weighted by atomic mass is 10.1. The summed E-state index contributed by atoms with van der Waals surface area (Å²) in [5.41, 5.74) is 0.442. The number of carbonyl (C=O) groups excluding carboxylic acids is 1. The van der Waals surface area contributed by atoms with Gasteiger partial charge < -0.3 is 10.3 Å². The van der Waals surface area contributed by atoms with Gasteiger partial charge in [0.2, 0.25) is 5.43 Å². The number of fused-ring (bicyclic) bond motifs is 1. The highest BCUT2D eigenvalue weighted by Crippen LogP contribution is 2.25. The molecular weight excluding hydrogens is 482 g/mol. The van der Waals surface area contributed by atoms with Gasteiger partial charge >= 0.3 is 0 Å². The molecule has 162 valence electrons. The van der Waals surface area contributed by atoms with E-state index in [1.165, 1.54) is 31.4 Å². The Morgan fingerprint density at radius 2 is 1.81 bits per heavy atom. The van der Waals surface area contributed by atoms with Gasteiger partial charge in [-0.2, -0.15) is 0 Å². The van der Waals surface area contributed by atoms with Crippen molar-refractivity contribution in [2.45, 2.75) is 36.6 Å². The summed E-state index contributed by atoms with van der Waals surface area (Å²) in [5.74, 6) is -0.435. The fraction of sp³-hybridized carbons (Fsp3) is 0.273. The lowest BCUT2D eigenvalue weighted by Crippen LogP contribution is -2.35. The molecule has 1 amide bonds. The number of amides is 1. The van der Waals surface area contributed by atoms with Gasteiger partial charge in [-0.3, -0.25) is 13.9 Å². The number of sulfonamides is 1. The summed E-state index contributed by atoms with van der Waals surface area (Å²) in [6.45, 7) is 0. The van der Waals surface area contributed by atoms with E-state index in [0.717, 1.165) is 34.5 Å². The topological polar surface area (TPSA) is 99.3 Å². The second-order valence-electron chi connectivity index (χ2n) is 7.64. The first kappa shape index (κ1) is 21.6. The number of nitrogens with zero attached hydrogens (tertiary/aromatic N) is 1. The molecule has 1 aromatic heterocycles. The maximum atomic E-state index is 13.1. The number of hydrogen-bond acceptors (Lipinski definition) is 4. The molecule has 3 aromatic rings. The monoisotopic (exact) mass is 503 g/mol. The van der Waals surface area contributed by atoms with Crippen molar-refractivity contribution >= 4 is 48.5 Å². The molecule has 0 saturated heterocycles. The van der Waals surface area contributed by atoms with Crippen LogP contribution >= 0.6 is 15.9 Å². The first-order valence-electron chi connectivity index (χ1n) is 9.98.